The van der Waals surface area contributed by atoms with Crippen LogP contribution in [0.2, 0.25) is 0 Å². The van der Waals surface area contributed by atoms with Crippen LogP contribution in [-0.4, -0.2) is 34.7 Å². The largest absolute Gasteiger partial charge is 0.494 e. The van der Waals surface area contributed by atoms with Crippen molar-refractivity contribution in [3.8, 4) is 11.5 Å². The SMILES string of the molecule is O=C1CCCOc2ccc3ccc(cc3c2)OCCCC(=O)c2cccc(n2)COCc2ccc(o2)COCc2cccc1n2. The molecular weight excluding hydrogens is 572 g/mol. The van der Waals surface area contributed by atoms with Gasteiger partial charge in [0.05, 0.1) is 37.8 Å². The summed E-state index contributed by atoms with van der Waals surface area (Å²) >= 11 is 0. The number of carbonyl (C=O) groups excluding carboxylic acids is 2. The second kappa shape index (κ2) is 14.7. The minimum Gasteiger partial charge on any atom is -0.494 e. The van der Waals surface area contributed by atoms with Gasteiger partial charge < -0.3 is 23.4 Å². The van der Waals surface area contributed by atoms with Crippen LogP contribution in [0.1, 0.15) is 69.6 Å². The second-order valence-electron chi connectivity index (χ2n) is 10.8. The zero-order valence-corrected chi connectivity index (χ0v) is 24.9. The Kier molecular flexibility index (Phi) is 9.89. The predicted octanol–water partition coefficient (Wildman–Crippen LogP) is 7.05. The molecule has 9 nitrogen and oxygen atoms in total. The van der Waals surface area contributed by atoms with E-state index in [9.17, 15) is 9.59 Å². The van der Waals surface area contributed by atoms with E-state index >= 15 is 0 Å². The van der Waals surface area contributed by atoms with E-state index < -0.39 is 0 Å². The van der Waals surface area contributed by atoms with Crippen molar-refractivity contribution in [3.63, 3.8) is 0 Å². The Labute approximate surface area is 261 Å². The summed E-state index contributed by atoms with van der Waals surface area (Å²) in [4.78, 5) is 34.6. The maximum absolute atomic E-state index is 12.8. The number of carbonyl (C=O) groups is 2. The summed E-state index contributed by atoms with van der Waals surface area (Å²) in [6, 6.07) is 26.2. The highest BCUT2D eigenvalue weighted by Gasteiger charge is 2.12. The zero-order chi connectivity index (χ0) is 30.8. The van der Waals surface area contributed by atoms with Crippen LogP contribution in [0, 0.1) is 0 Å². The van der Waals surface area contributed by atoms with Crippen molar-refractivity contribution < 1.29 is 33.0 Å². The summed E-state index contributed by atoms with van der Waals surface area (Å²) in [7, 11) is 0. The van der Waals surface area contributed by atoms with Crippen molar-refractivity contribution in [1.82, 2.24) is 9.97 Å². The van der Waals surface area contributed by atoms with Crippen molar-refractivity contribution in [1.29, 1.82) is 0 Å². The van der Waals surface area contributed by atoms with Crippen molar-refractivity contribution in [2.24, 2.45) is 0 Å². The van der Waals surface area contributed by atoms with Gasteiger partial charge in [-0.2, -0.15) is 0 Å². The molecule has 6 rings (SSSR count). The lowest BCUT2D eigenvalue weighted by Crippen LogP contribution is -2.07. The van der Waals surface area contributed by atoms with E-state index in [4.69, 9.17) is 23.4 Å². The lowest BCUT2D eigenvalue weighted by Gasteiger charge is -2.10. The van der Waals surface area contributed by atoms with E-state index in [1.165, 1.54) is 0 Å². The first-order valence-corrected chi connectivity index (χ1v) is 15.1. The standard InChI is InChI=1S/C36H34N2O7/c39-35-9-3-17-43-29-13-11-25-12-14-30(20-26(25)19-29)44-18-4-10-36(40)34-8-2-6-28(38-34)22-42-24-32-16-15-31(45-32)23-41-21-27-5-1-7-33(35)37-27/h1-2,5-8,11-16,19-20H,3-4,9-10,17-18,21-24H2. The minimum atomic E-state index is -0.0419. The second-order valence-corrected chi connectivity index (χ2v) is 10.8. The van der Waals surface area contributed by atoms with E-state index in [1.54, 1.807) is 12.1 Å². The zero-order valence-electron chi connectivity index (χ0n) is 24.9. The van der Waals surface area contributed by atoms with Gasteiger partial charge in [0.2, 0.25) is 0 Å². The van der Waals surface area contributed by atoms with E-state index in [0.29, 0.717) is 73.2 Å². The number of nitrogens with zero attached hydrogens (tertiary/aromatic N) is 2. The molecule has 9 bridgehead atoms. The third-order valence-corrected chi connectivity index (χ3v) is 7.31. The first-order chi connectivity index (χ1) is 22.1. The maximum atomic E-state index is 12.8. The highest BCUT2D eigenvalue weighted by Crippen LogP contribution is 2.26. The monoisotopic (exact) mass is 606 g/mol. The van der Waals surface area contributed by atoms with Crippen LogP contribution in [0.3, 0.4) is 0 Å². The van der Waals surface area contributed by atoms with Crippen LogP contribution < -0.4 is 9.47 Å². The van der Waals surface area contributed by atoms with Gasteiger partial charge in [-0.05, 0) is 84.3 Å². The molecule has 0 amide bonds. The fourth-order valence-corrected chi connectivity index (χ4v) is 5.00. The summed E-state index contributed by atoms with van der Waals surface area (Å²) < 4.78 is 29.3. The third-order valence-electron chi connectivity index (χ3n) is 7.31. The lowest BCUT2D eigenvalue weighted by atomic mass is 10.1. The normalized spacial score (nSPS) is 15.8. The fraction of sp³-hybridized carbons (Fsp3) is 0.278. The molecule has 0 saturated carbocycles. The molecule has 230 valence electrons. The van der Waals surface area contributed by atoms with Gasteiger partial charge in [0.25, 0.3) is 0 Å². The van der Waals surface area contributed by atoms with Crippen LogP contribution in [0.15, 0.2) is 89.3 Å². The Morgan fingerprint density at radius 2 is 1.04 bits per heavy atom. The summed E-state index contributed by atoms with van der Waals surface area (Å²) in [5, 5.41) is 2.04. The molecule has 0 unspecified atom stereocenters. The average Bonchev–Trinajstić information content (AvgIpc) is 3.52. The van der Waals surface area contributed by atoms with Gasteiger partial charge in [-0.3, -0.25) is 9.59 Å². The molecule has 0 aliphatic carbocycles. The van der Waals surface area contributed by atoms with Crippen LogP contribution in [0.4, 0.5) is 0 Å². The van der Waals surface area contributed by atoms with Gasteiger partial charge in [0.1, 0.15) is 47.6 Å². The van der Waals surface area contributed by atoms with E-state index in [-0.39, 0.29) is 38.0 Å². The van der Waals surface area contributed by atoms with E-state index in [2.05, 4.69) is 9.97 Å². The Balaban J connectivity index is 1.14. The number of Topliss-reactive ketones (excluding diaryl/α,β-unsaturated/α-hetero) is 2. The van der Waals surface area contributed by atoms with Gasteiger partial charge in [0.15, 0.2) is 11.6 Å². The van der Waals surface area contributed by atoms with E-state index in [1.807, 2.05) is 72.8 Å². The number of ether oxygens (including phenoxy) is 4. The van der Waals surface area contributed by atoms with Crippen LogP contribution in [0.5, 0.6) is 11.5 Å². The number of hydrogen-bond donors (Lipinski definition) is 0. The van der Waals surface area contributed by atoms with Gasteiger partial charge in [-0.25, -0.2) is 9.97 Å². The fourth-order valence-electron chi connectivity index (χ4n) is 5.00. The number of ketones is 2. The van der Waals surface area contributed by atoms with Gasteiger partial charge in [-0.15, -0.1) is 0 Å². The molecule has 3 aromatic heterocycles. The van der Waals surface area contributed by atoms with Crippen molar-refractivity contribution in [2.45, 2.75) is 52.1 Å². The quantitative estimate of drug-likeness (QED) is 0.183. The third kappa shape index (κ3) is 8.41. The molecule has 1 aliphatic rings. The molecule has 1 aliphatic heterocycles. The molecule has 45 heavy (non-hydrogen) atoms. The molecule has 0 spiro atoms. The molecule has 0 radical (unpaired) electrons. The number of furan rings is 1. The summed E-state index contributed by atoms with van der Waals surface area (Å²) in [6.45, 7) is 1.79. The average molecular weight is 607 g/mol. The molecule has 0 N–H and O–H groups in total. The number of benzene rings is 2. The molecule has 9 heteroatoms. The molecular formula is C36H34N2O7. The Hall–Kier alpha value is -4.86. The number of pyridine rings is 2. The summed E-state index contributed by atoms with van der Waals surface area (Å²) in [5.41, 5.74) is 2.16. The topological polar surface area (TPSA) is 110 Å². The molecule has 4 heterocycles. The minimum absolute atomic E-state index is 0.0419. The van der Waals surface area contributed by atoms with Gasteiger partial charge in [-0.1, -0.05) is 24.3 Å². The number of hydrogen-bond acceptors (Lipinski definition) is 9. The Morgan fingerprint density at radius 1 is 0.533 bits per heavy atom. The Bertz CT molecular complexity index is 1660. The predicted molar refractivity (Wildman–Crippen MR) is 166 cm³/mol. The smallest absolute Gasteiger partial charge is 0.181 e. The number of aromatic nitrogens is 2. The highest BCUT2D eigenvalue weighted by molar-refractivity contribution is 5.94. The maximum Gasteiger partial charge on any atom is 0.181 e. The van der Waals surface area contributed by atoms with Crippen molar-refractivity contribution in [2.75, 3.05) is 13.2 Å². The van der Waals surface area contributed by atoms with Crippen LogP contribution >= 0.6 is 0 Å². The molecule has 5 aromatic rings. The van der Waals surface area contributed by atoms with E-state index in [0.717, 1.165) is 22.3 Å². The molecule has 0 saturated heterocycles. The van der Waals surface area contributed by atoms with Crippen molar-refractivity contribution >= 4 is 22.3 Å². The Morgan fingerprint density at radius 3 is 1.56 bits per heavy atom. The highest BCUT2D eigenvalue weighted by atomic mass is 16.5. The first-order valence-electron chi connectivity index (χ1n) is 15.1. The van der Waals surface area contributed by atoms with Crippen molar-refractivity contribution in [3.05, 3.63) is 119 Å². The molecule has 0 atom stereocenters. The number of fused-ring (bicyclic) bond motifs is 8. The van der Waals surface area contributed by atoms with Gasteiger partial charge >= 0.3 is 0 Å². The number of rotatable bonds is 0. The van der Waals surface area contributed by atoms with Gasteiger partial charge in [0, 0.05) is 12.8 Å². The van der Waals surface area contributed by atoms with Crippen LogP contribution in [0.25, 0.3) is 10.8 Å². The summed E-state index contributed by atoms with van der Waals surface area (Å²) in [5.74, 6) is 2.67. The first kappa shape index (κ1) is 30.2. The van der Waals surface area contributed by atoms with Crippen LogP contribution in [-0.2, 0) is 35.9 Å². The lowest BCUT2D eigenvalue weighted by molar-refractivity contribution is 0.0746. The molecule has 0 fully saturated rings. The molecule has 2 aromatic carbocycles. The summed E-state index contributed by atoms with van der Waals surface area (Å²) in [6.07, 6.45) is 1.77.